The predicted octanol–water partition coefficient (Wildman–Crippen LogP) is 1.56. The Hall–Kier alpha value is -1.54. The summed E-state index contributed by atoms with van der Waals surface area (Å²) in [4.78, 5) is 12.1. The number of halogens is 1. The standard InChI is InChI=1S/C15H17ClN2O2/c16-14-9-12(6-5-11(14)3-1-7-17)15(19)18-13-4-2-8-20-10-13/h5-6,9,13H,2,4,7-8,10,17H2,(H,18,19). The summed E-state index contributed by atoms with van der Waals surface area (Å²) in [5.41, 5.74) is 6.52. The number of nitrogens with two attached hydrogens (primary N) is 1. The van der Waals surface area contributed by atoms with Gasteiger partial charge in [0.05, 0.1) is 24.2 Å². The average Bonchev–Trinajstić information content (AvgIpc) is 2.47. The molecule has 0 aromatic heterocycles. The van der Waals surface area contributed by atoms with Crippen LogP contribution in [0.1, 0.15) is 28.8 Å². The van der Waals surface area contributed by atoms with E-state index in [-0.39, 0.29) is 18.5 Å². The Kier molecular flexibility index (Phi) is 5.42. The highest BCUT2D eigenvalue weighted by atomic mass is 35.5. The number of ether oxygens (including phenoxy) is 1. The number of carbonyl (C=O) groups is 1. The van der Waals surface area contributed by atoms with Crippen molar-refractivity contribution in [3.05, 3.63) is 34.3 Å². The first kappa shape index (κ1) is 14.9. The lowest BCUT2D eigenvalue weighted by molar-refractivity contribution is 0.0624. The molecule has 0 aliphatic carbocycles. The summed E-state index contributed by atoms with van der Waals surface area (Å²) in [5, 5.41) is 3.40. The molecular weight excluding hydrogens is 276 g/mol. The number of rotatable bonds is 2. The SMILES string of the molecule is NCC#Cc1ccc(C(=O)NC2CCCOC2)cc1Cl. The monoisotopic (exact) mass is 292 g/mol. The van der Waals surface area contributed by atoms with Gasteiger partial charge < -0.3 is 15.8 Å². The van der Waals surface area contributed by atoms with E-state index in [1.807, 2.05) is 0 Å². The minimum absolute atomic E-state index is 0.0757. The summed E-state index contributed by atoms with van der Waals surface area (Å²) in [6, 6.07) is 5.15. The molecule has 0 radical (unpaired) electrons. The molecule has 0 saturated carbocycles. The van der Waals surface area contributed by atoms with Gasteiger partial charge >= 0.3 is 0 Å². The average molecular weight is 293 g/mol. The summed E-state index contributed by atoms with van der Waals surface area (Å²) in [6.07, 6.45) is 1.92. The lowest BCUT2D eigenvalue weighted by atomic mass is 10.1. The van der Waals surface area contributed by atoms with E-state index in [9.17, 15) is 4.79 Å². The Morgan fingerprint density at radius 2 is 2.40 bits per heavy atom. The first-order valence-electron chi connectivity index (χ1n) is 6.58. The van der Waals surface area contributed by atoms with Crippen LogP contribution in [0.3, 0.4) is 0 Å². The highest BCUT2D eigenvalue weighted by Gasteiger charge is 2.17. The van der Waals surface area contributed by atoms with Gasteiger partial charge in [-0.05, 0) is 31.0 Å². The maximum absolute atomic E-state index is 12.1. The Bertz CT molecular complexity index is 543. The molecule has 1 unspecified atom stereocenters. The number of hydrogen-bond donors (Lipinski definition) is 2. The maximum atomic E-state index is 12.1. The fourth-order valence-corrected chi connectivity index (χ4v) is 2.26. The van der Waals surface area contributed by atoms with Gasteiger partial charge in [0.25, 0.3) is 5.91 Å². The third kappa shape index (κ3) is 3.97. The summed E-state index contributed by atoms with van der Waals surface area (Å²) >= 11 is 6.10. The van der Waals surface area contributed by atoms with Gasteiger partial charge in [-0.2, -0.15) is 0 Å². The van der Waals surface area contributed by atoms with Crippen LogP contribution in [0.4, 0.5) is 0 Å². The van der Waals surface area contributed by atoms with E-state index >= 15 is 0 Å². The zero-order chi connectivity index (χ0) is 14.4. The molecule has 1 aromatic rings. The quantitative estimate of drug-likeness (QED) is 0.813. The van der Waals surface area contributed by atoms with Crippen molar-refractivity contribution < 1.29 is 9.53 Å². The highest BCUT2D eigenvalue weighted by molar-refractivity contribution is 6.32. The smallest absolute Gasteiger partial charge is 0.251 e. The van der Waals surface area contributed by atoms with Gasteiger partial charge in [-0.25, -0.2) is 0 Å². The van der Waals surface area contributed by atoms with Gasteiger partial charge in [0.1, 0.15) is 0 Å². The second-order valence-electron chi connectivity index (χ2n) is 4.59. The molecule has 1 saturated heterocycles. The van der Waals surface area contributed by atoms with Crippen LogP contribution in [0, 0.1) is 11.8 Å². The highest BCUT2D eigenvalue weighted by Crippen LogP contribution is 2.17. The largest absolute Gasteiger partial charge is 0.379 e. The van der Waals surface area contributed by atoms with Crippen molar-refractivity contribution in [2.75, 3.05) is 19.8 Å². The summed E-state index contributed by atoms with van der Waals surface area (Å²) in [5.74, 6) is 5.46. The molecule has 0 bridgehead atoms. The summed E-state index contributed by atoms with van der Waals surface area (Å²) in [7, 11) is 0. The van der Waals surface area contributed by atoms with Crippen LogP contribution in [-0.2, 0) is 4.74 Å². The van der Waals surface area contributed by atoms with Gasteiger partial charge in [0.2, 0.25) is 0 Å². The Morgan fingerprint density at radius 3 is 3.05 bits per heavy atom. The lowest BCUT2D eigenvalue weighted by Gasteiger charge is -2.23. The van der Waals surface area contributed by atoms with Crippen LogP contribution < -0.4 is 11.1 Å². The van der Waals surface area contributed by atoms with Crippen molar-refractivity contribution in [1.29, 1.82) is 0 Å². The number of carbonyl (C=O) groups excluding carboxylic acids is 1. The molecule has 1 atom stereocenters. The van der Waals surface area contributed by atoms with Crippen molar-refractivity contribution >= 4 is 17.5 Å². The van der Waals surface area contributed by atoms with Crippen molar-refractivity contribution in [3.8, 4) is 11.8 Å². The van der Waals surface area contributed by atoms with E-state index < -0.39 is 0 Å². The number of hydrogen-bond acceptors (Lipinski definition) is 3. The normalized spacial score (nSPS) is 18.0. The summed E-state index contributed by atoms with van der Waals surface area (Å²) in [6.45, 7) is 1.62. The molecule has 2 rings (SSSR count). The number of benzene rings is 1. The molecule has 3 N–H and O–H groups in total. The van der Waals surface area contributed by atoms with E-state index in [4.69, 9.17) is 22.1 Å². The van der Waals surface area contributed by atoms with Crippen LogP contribution in [0.2, 0.25) is 5.02 Å². The topological polar surface area (TPSA) is 64.4 Å². The van der Waals surface area contributed by atoms with E-state index in [1.54, 1.807) is 18.2 Å². The van der Waals surface area contributed by atoms with Crippen LogP contribution in [0.15, 0.2) is 18.2 Å². The molecule has 20 heavy (non-hydrogen) atoms. The van der Waals surface area contributed by atoms with Crippen molar-refractivity contribution in [2.45, 2.75) is 18.9 Å². The minimum Gasteiger partial charge on any atom is -0.379 e. The van der Waals surface area contributed by atoms with Crippen molar-refractivity contribution in [1.82, 2.24) is 5.32 Å². The zero-order valence-electron chi connectivity index (χ0n) is 11.1. The molecule has 1 heterocycles. The molecule has 1 amide bonds. The molecule has 5 heteroatoms. The van der Waals surface area contributed by atoms with Gasteiger partial charge in [-0.3, -0.25) is 4.79 Å². The van der Waals surface area contributed by atoms with E-state index in [2.05, 4.69) is 17.2 Å². The lowest BCUT2D eigenvalue weighted by Crippen LogP contribution is -2.40. The van der Waals surface area contributed by atoms with Crippen LogP contribution in [0.5, 0.6) is 0 Å². The summed E-state index contributed by atoms with van der Waals surface area (Å²) < 4.78 is 5.34. The van der Waals surface area contributed by atoms with Gasteiger partial charge in [0.15, 0.2) is 0 Å². The molecule has 1 aliphatic heterocycles. The first-order valence-corrected chi connectivity index (χ1v) is 6.95. The fraction of sp³-hybridized carbons (Fsp3) is 0.400. The number of nitrogens with one attached hydrogen (secondary N) is 1. The fourth-order valence-electron chi connectivity index (χ4n) is 2.03. The van der Waals surface area contributed by atoms with E-state index in [0.717, 1.165) is 19.4 Å². The van der Waals surface area contributed by atoms with Crippen molar-refractivity contribution in [3.63, 3.8) is 0 Å². The minimum atomic E-state index is -0.138. The molecule has 1 aromatic carbocycles. The van der Waals surface area contributed by atoms with Crippen LogP contribution in [0.25, 0.3) is 0 Å². The third-order valence-electron chi connectivity index (χ3n) is 3.05. The maximum Gasteiger partial charge on any atom is 0.251 e. The van der Waals surface area contributed by atoms with E-state index in [1.165, 1.54) is 0 Å². The predicted molar refractivity (Wildman–Crippen MR) is 78.7 cm³/mol. The molecular formula is C15H17ClN2O2. The molecule has 1 fully saturated rings. The molecule has 1 aliphatic rings. The second-order valence-corrected chi connectivity index (χ2v) is 5.00. The third-order valence-corrected chi connectivity index (χ3v) is 3.36. The Balaban J connectivity index is 2.04. The first-order chi connectivity index (χ1) is 9.70. The van der Waals surface area contributed by atoms with Gasteiger partial charge in [-0.1, -0.05) is 23.4 Å². The van der Waals surface area contributed by atoms with Gasteiger partial charge in [0, 0.05) is 17.7 Å². The Morgan fingerprint density at radius 1 is 1.55 bits per heavy atom. The van der Waals surface area contributed by atoms with Crippen LogP contribution in [-0.4, -0.2) is 31.7 Å². The second kappa shape index (κ2) is 7.30. The molecule has 0 spiro atoms. The van der Waals surface area contributed by atoms with E-state index in [0.29, 0.717) is 22.8 Å². The number of amides is 1. The molecule has 106 valence electrons. The zero-order valence-corrected chi connectivity index (χ0v) is 11.9. The molecule has 4 nitrogen and oxygen atoms in total. The van der Waals surface area contributed by atoms with Gasteiger partial charge in [-0.15, -0.1) is 0 Å². The Labute approximate surface area is 123 Å². The van der Waals surface area contributed by atoms with Crippen molar-refractivity contribution in [2.24, 2.45) is 5.73 Å². The van der Waals surface area contributed by atoms with Crippen LogP contribution >= 0.6 is 11.6 Å².